The maximum Gasteiger partial charge on any atom is 0.303 e. The van der Waals surface area contributed by atoms with Gasteiger partial charge in [-0.15, -0.1) is 22.7 Å². The van der Waals surface area contributed by atoms with Crippen molar-refractivity contribution in [2.24, 2.45) is 0 Å². The molecule has 106 valence electrons. The Morgan fingerprint density at radius 2 is 2.15 bits per heavy atom. The van der Waals surface area contributed by atoms with Gasteiger partial charge in [0.2, 0.25) is 0 Å². The molecule has 0 aliphatic carbocycles. The van der Waals surface area contributed by atoms with Crippen molar-refractivity contribution in [2.45, 2.75) is 12.8 Å². The van der Waals surface area contributed by atoms with Crippen LogP contribution in [0.5, 0.6) is 0 Å². The molecule has 20 heavy (non-hydrogen) atoms. The molecule has 0 spiro atoms. The molecular formula is C12H11BrN2O3S2. The van der Waals surface area contributed by atoms with Crippen LogP contribution in [0.4, 0.5) is 0 Å². The number of aromatic nitrogens is 1. The molecule has 0 saturated carbocycles. The number of rotatable bonds is 6. The molecule has 5 nitrogen and oxygen atoms in total. The van der Waals surface area contributed by atoms with Gasteiger partial charge in [0.1, 0.15) is 10.7 Å². The van der Waals surface area contributed by atoms with E-state index in [4.69, 9.17) is 5.11 Å². The number of nitrogens with zero attached hydrogens (tertiary/aromatic N) is 1. The molecule has 0 fully saturated rings. The highest BCUT2D eigenvalue weighted by Crippen LogP contribution is 2.31. The van der Waals surface area contributed by atoms with E-state index < -0.39 is 5.97 Å². The minimum Gasteiger partial charge on any atom is -0.481 e. The predicted octanol–water partition coefficient (Wildman–Crippen LogP) is 3.23. The van der Waals surface area contributed by atoms with Gasteiger partial charge in [-0.25, -0.2) is 4.98 Å². The van der Waals surface area contributed by atoms with E-state index in [1.165, 1.54) is 11.3 Å². The van der Waals surface area contributed by atoms with Gasteiger partial charge in [0, 0.05) is 28.2 Å². The molecule has 0 aromatic carbocycles. The van der Waals surface area contributed by atoms with Crippen molar-refractivity contribution < 1.29 is 14.7 Å². The summed E-state index contributed by atoms with van der Waals surface area (Å²) in [6.07, 6.45) is 0.460. The van der Waals surface area contributed by atoms with Crippen molar-refractivity contribution in [3.05, 3.63) is 27.0 Å². The van der Waals surface area contributed by atoms with E-state index >= 15 is 0 Å². The number of amides is 1. The zero-order chi connectivity index (χ0) is 14.5. The lowest BCUT2D eigenvalue weighted by molar-refractivity contribution is -0.137. The molecule has 0 radical (unpaired) electrons. The Morgan fingerprint density at radius 1 is 1.35 bits per heavy atom. The number of carbonyl (C=O) groups is 2. The van der Waals surface area contributed by atoms with Gasteiger partial charge >= 0.3 is 5.97 Å². The quantitative estimate of drug-likeness (QED) is 0.760. The summed E-state index contributed by atoms with van der Waals surface area (Å²) < 4.78 is 0.993. The first-order valence-electron chi connectivity index (χ1n) is 5.76. The first-order chi connectivity index (χ1) is 9.56. The lowest BCUT2D eigenvalue weighted by Gasteiger charge is -2.00. The first kappa shape index (κ1) is 15.1. The van der Waals surface area contributed by atoms with E-state index in [1.54, 1.807) is 16.7 Å². The summed E-state index contributed by atoms with van der Waals surface area (Å²) in [6, 6.07) is 1.96. The van der Waals surface area contributed by atoms with Crippen LogP contribution in [0.15, 0.2) is 21.3 Å². The predicted molar refractivity (Wildman–Crippen MR) is 82.3 cm³/mol. The number of carboxylic acid groups (broad SMARTS) is 1. The van der Waals surface area contributed by atoms with Crippen molar-refractivity contribution in [3.63, 3.8) is 0 Å². The molecule has 0 aliphatic heterocycles. The van der Waals surface area contributed by atoms with Crippen LogP contribution in [0.1, 0.15) is 23.3 Å². The topological polar surface area (TPSA) is 79.3 Å². The molecule has 0 saturated heterocycles. The Bertz CT molecular complexity index is 624. The summed E-state index contributed by atoms with van der Waals surface area (Å²) in [5.41, 5.74) is 0.366. The van der Waals surface area contributed by atoms with Gasteiger partial charge in [-0.2, -0.15) is 0 Å². The number of thiophene rings is 1. The number of aliphatic carboxylic acids is 1. The van der Waals surface area contributed by atoms with E-state index in [-0.39, 0.29) is 12.3 Å². The fourth-order valence-corrected chi connectivity index (χ4v) is 3.76. The molecule has 2 N–H and O–H groups in total. The van der Waals surface area contributed by atoms with Crippen LogP contribution in [0, 0.1) is 0 Å². The summed E-state index contributed by atoms with van der Waals surface area (Å²) in [4.78, 5) is 27.5. The van der Waals surface area contributed by atoms with Crippen LogP contribution in [-0.2, 0) is 4.79 Å². The maximum absolute atomic E-state index is 11.8. The lowest BCUT2D eigenvalue weighted by Crippen LogP contribution is -2.25. The second-order valence-corrected chi connectivity index (χ2v) is 6.61. The molecule has 0 unspecified atom stereocenters. The minimum absolute atomic E-state index is 0.0474. The van der Waals surface area contributed by atoms with Crippen LogP contribution in [-0.4, -0.2) is 28.5 Å². The van der Waals surface area contributed by atoms with Gasteiger partial charge in [-0.1, -0.05) is 0 Å². The maximum atomic E-state index is 11.8. The number of halogens is 1. The number of carboxylic acids is 1. The Kier molecular flexibility index (Phi) is 5.27. The molecule has 0 atom stereocenters. The monoisotopic (exact) mass is 374 g/mol. The van der Waals surface area contributed by atoms with E-state index in [0.29, 0.717) is 18.7 Å². The third-order valence-corrected chi connectivity index (χ3v) is 5.07. The fraction of sp³-hybridized carbons (Fsp3) is 0.250. The Balaban J connectivity index is 1.91. The number of thiazole rings is 1. The highest BCUT2D eigenvalue weighted by molar-refractivity contribution is 9.10. The SMILES string of the molecule is O=C(O)CCCNC(=O)c1csc(-c2cc(Br)cs2)n1. The van der Waals surface area contributed by atoms with Crippen LogP contribution < -0.4 is 5.32 Å². The second-order valence-electron chi connectivity index (χ2n) is 3.92. The van der Waals surface area contributed by atoms with Crippen molar-refractivity contribution in [1.82, 2.24) is 10.3 Å². The third kappa shape index (κ3) is 4.12. The molecule has 2 aromatic rings. The van der Waals surface area contributed by atoms with Crippen LogP contribution in [0.2, 0.25) is 0 Å². The highest BCUT2D eigenvalue weighted by Gasteiger charge is 2.12. The number of nitrogens with one attached hydrogen (secondary N) is 1. The largest absolute Gasteiger partial charge is 0.481 e. The molecule has 0 bridgehead atoms. The van der Waals surface area contributed by atoms with Crippen molar-refractivity contribution in [2.75, 3.05) is 6.54 Å². The summed E-state index contributed by atoms with van der Waals surface area (Å²) in [6.45, 7) is 0.336. The average molecular weight is 375 g/mol. The van der Waals surface area contributed by atoms with Gasteiger partial charge in [-0.3, -0.25) is 9.59 Å². The first-order valence-corrected chi connectivity index (χ1v) is 8.31. The third-order valence-electron chi connectivity index (χ3n) is 2.37. The molecule has 0 aliphatic rings. The Morgan fingerprint density at radius 3 is 2.80 bits per heavy atom. The number of carbonyl (C=O) groups excluding carboxylic acids is 1. The van der Waals surface area contributed by atoms with Gasteiger partial charge in [-0.05, 0) is 28.4 Å². The van der Waals surface area contributed by atoms with Gasteiger partial charge in [0.15, 0.2) is 0 Å². The van der Waals surface area contributed by atoms with Crippen LogP contribution in [0.25, 0.3) is 9.88 Å². The van der Waals surface area contributed by atoms with Gasteiger partial charge in [0.25, 0.3) is 5.91 Å². The van der Waals surface area contributed by atoms with E-state index in [0.717, 1.165) is 14.4 Å². The molecule has 1 amide bonds. The average Bonchev–Trinajstić information content (AvgIpc) is 3.02. The zero-order valence-corrected chi connectivity index (χ0v) is 13.5. The lowest BCUT2D eigenvalue weighted by atomic mass is 10.3. The van der Waals surface area contributed by atoms with Crippen molar-refractivity contribution in [1.29, 1.82) is 0 Å². The van der Waals surface area contributed by atoms with Crippen LogP contribution in [0.3, 0.4) is 0 Å². The Labute approximate surface area is 131 Å². The van der Waals surface area contributed by atoms with Crippen molar-refractivity contribution >= 4 is 50.5 Å². The van der Waals surface area contributed by atoms with E-state index in [1.807, 2.05) is 11.4 Å². The minimum atomic E-state index is -0.863. The summed E-state index contributed by atoms with van der Waals surface area (Å²) in [5, 5.41) is 15.6. The van der Waals surface area contributed by atoms with Gasteiger partial charge < -0.3 is 10.4 Å². The van der Waals surface area contributed by atoms with Gasteiger partial charge in [0.05, 0.1) is 4.88 Å². The van der Waals surface area contributed by atoms with Crippen LogP contribution >= 0.6 is 38.6 Å². The molecular weight excluding hydrogens is 364 g/mol. The highest BCUT2D eigenvalue weighted by atomic mass is 79.9. The fourth-order valence-electron chi connectivity index (χ4n) is 1.45. The molecule has 2 aromatic heterocycles. The Hall–Kier alpha value is -1.25. The zero-order valence-electron chi connectivity index (χ0n) is 10.3. The number of hydrogen-bond donors (Lipinski definition) is 2. The van der Waals surface area contributed by atoms with E-state index in [2.05, 4.69) is 26.2 Å². The normalized spacial score (nSPS) is 10.4. The van der Waals surface area contributed by atoms with Crippen molar-refractivity contribution in [3.8, 4) is 9.88 Å². The standard InChI is InChI=1S/C12H11BrN2O3S2/c13-7-4-9(19-5-7)12-15-8(6-20-12)11(18)14-3-1-2-10(16)17/h4-6H,1-3H2,(H,14,18)(H,16,17). The summed E-state index contributed by atoms with van der Waals surface area (Å²) in [7, 11) is 0. The summed E-state index contributed by atoms with van der Waals surface area (Å²) >= 11 is 6.35. The summed E-state index contributed by atoms with van der Waals surface area (Å²) in [5.74, 6) is -1.13. The smallest absolute Gasteiger partial charge is 0.303 e. The molecule has 2 rings (SSSR count). The molecule has 8 heteroatoms. The number of hydrogen-bond acceptors (Lipinski definition) is 5. The second kappa shape index (κ2) is 6.96. The van der Waals surface area contributed by atoms with E-state index in [9.17, 15) is 9.59 Å². The molecule has 2 heterocycles.